The second-order valence-corrected chi connectivity index (χ2v) is 4.67. The SMILES string of the molecule is C[C@H]1C[C@H]1C(=O)OCC(=O)NC(=O)c1ccccc1. The van der Waals surface area contributed by atoms with Crippen LogP contribution in [0.4, 0.5) is 0 Å². The molecule has 100 valence electrons. The van der Waals surface area contributed by atoms with E-state index in [1.165, 1.54) is 0 Å². The number of hydrogen-bond donors (Lipinski definition) is 1. The highest BCUT2D eigenvalue weighted by Gasteiger charge is 2.40. The Balaban J connectivity index is 1.75. The molecule has 2 amide bonds. The minimum Gasteiger partial charge on any atom is -0.455 e. The van der Waals surface area contributed by atoms with Gasteiger partial charge in [-0.05, 0) is 24.5 Å². The number of ether oxygens (including phenoxy) is 1. The average molecular weight is 261 g/mol. The fraction of sp³-hybridized carbons (Fsp3) is 0.357. The Hall–Kier alpha value is -2.17. The minimum absolute atomic E-state index is 0.0855. The van der Waals surface area contributed by atoms with Crippen molar-refractivity contribution >= 4 is 17.8 Å². The van der Waals surface area contributed by atoms with Crippen molar-refractivity contribution in [2.75, 3.05) is 6.61 Å². The highest BCUT2D eigenvalue weighted by Crippen LogP contribution is 2.38. The van der Waals surface area contributed by atoms with E-state index in [0.29, 0.717) is 11.5 Å². The highest BCUT2D eigenvalue weighted by atomic mass is 16.5. The predicted molar refractivity (Wildman–Crippen MR) is 67.1 cm³/mol. The second kappa shape index (κ2) is 5.65. The monoisotopic (exact) mass is 261 g/mol. The summed E-state index contributed by atoms with van der Waals surface area (Å²) in [7, 11) is 0. The van der Waals surface area contributed by atoms with Crippen LogP contribution >= 0.6 is 0 Å². The maximum Gasteiger partial charge on any atom is 0.309 e. The zero-order chi connectivity index (χ0) is 13.8. The van der Waals surface area contributed by atoms with Gasteiger partial charge in [0.25, 0.3) is 11.8 Å². The van der Waals surface area contributed by atoms with Crippen LogP contribution in [0.25, 0.3) is 0 Å². The summed E-state index contributed by atoms with van der Waals surface area (Å²) in [5.41, 5.74) is 0.387. The van der Waals surface area contributed by atoms with Crippen LogP contribution in [0.5, 0.6) is 0 Å². The third-order valence-corrected chi connectivity index (χ3v) is 3.05. The van der Waals surface area contributed by atoms with Gasteiger partial charge in [-0.1, -0.05) is 25.1 Å². The first-order valence-corrected chi connectivity index (χ1v) is 6.14. The first-order chi connectivity index (χ1) is 9.08. The van der Waals surface area contributed by atoms with Gasteiger partial charge in [-0.15, -0.1) is 0 Å². The van der Waals surface area contributed by atoms with Crippen LogP contribution in [0.2, 0.25) is 0 Å². The van der Waals surface area contributed by atoms with E-state index in [2.05, 4.69) is 5.32 Å². The number of carbonyl (C=O) groups is 3. The molecule has 5 heteroatoms. The van der Waals surface area contributed by atoms with Gasteiger partial charge in [-0.3, -0.25) is 19.7 Å². The summed E-state index contributed by atoms with van der Waals surface area (Å²) in [5.74, 6) is -1.23. The van der Waals surface area contributed by atoms with Crippen molar-refractivity contribution in [1.82, 2.24) is 5.32 Å². The van der Waals surface area contributed by atoms with Crippen LogP contribution in [0.1, 0.15) is 23.7 Å². The lowest BCUT2D eigenvalue weighted by molar-refractivity contribution is -0.149. The van der Waals surface area contributed by atoms with Gasteiger partial charge in [0.2, 0.25) is 0 Å². The maximum atomic E-state index is 11.6. The van der Waals surface area contributed by atoms with E-state index in [0.717, 1.165) is 6.42 Å². The molecule has 1 fully saturated rings. The molecule has 0 aliphatic heterocycles. The number of benzene rings is 1. The molecule has 1 aliphatic rings. The molecule has 0 spiro atoms. The first-order valence-electron chi connectivity index (χ1n) is 6.14. The molecule has 0 unspecified atom stereocenters. The zero-order valence-electron chi connectivity index (χ0n) is 10.6. The fourth-order valence-electron chi connectivity index (χ4n) is 1.72. The van der Waals surface area contributed by atoms with Gasteiger partial charge < -0.3 is 4.74 Å². The van der Waals surface area contributed by atoms with E-state index >= 15 is 0 Å². The van der Waals surface area contributed by atoms with Crippen molar-refractivity contribution in [2.24, 2.45) is 11.8 Å². The van der Waals surface area contributed by atoms with Crippen LogP contribution in [-0.2, 0) is 14.3 Å². The number of hydrogen-bond acceptors (Lipinski definition) is 4. The summed E-state index contributed by atoms with van der Waals surface area (Å²) < 4.78 is 4.83. The highest BCUT2D eigenvalue weighted by molar-refractivity contribution is 6.05. The van der Waals surface area contributed by atoms with Crippen molar-refractivity contribution < 1.29 is 19.1 Å². The zero-order valence-corrected chi connectivity index (χ0v) is 10.6. The molecule has 0 saturated heterocycles. The molecule has 1 saturated carbocycles. The molecule has 1 aliphatic carbocycles. The molecule has 2 rings (SSSR count). The predicted octanol–water partition coefficient (Wildman–Crippen LogP) is 1.14. The molecule has 5 nitrogen and oxygen atoms in total. The largest absolute Gasteiger partial charge is 0.455 e. The number of esters is 1. The van der Waals surface area contributed by atoms with Gasteiger partial charge >= 0.3 is 5.97 Å². The molecule has 0 heterocycles. The van der Waals surface area contributed by atoms with E-state index in [-0.39, 0.29) is 11.9 Å². The van der Waals surface area contributed by atoms with Gasteiger partial charge in [-0.25, -0.2) is 0 Å². The lowest BCUT2D eigenvalue weighted by Crippen LogP contribution is -2.34. The van der Waals surface area contributed by atoms with Crippen LogP contribution in [0.3, 0.4) is 0 Å². The summed E-state index contributed by atoms with van der Waals surface area (Å²) in [6, 6.07) is 8.37. The number of nitrogens with one attached hydrogen (secondary N) is 1. The molecule has 1 aromatic carbocycles. The molecule has 1 aromatic rings. The molecule has 2 atom stereocenters. The van der Waals surface area contributed by atoms with Crippen LogP contribution in [0.15, 0.2) is 30.3 Å². The quantitative estimate of drug-likeness (QED) is 0.825. The summed E-state index contributed by atoms with van der Waals surface area (Å²) in [4.78, 5) is 34.5. The normalized spacial score (nSPS) is 20.5. The molecule has 0 bridgehead atoms. The fourth-order valence-corrected chi connectivity index (χ4v) is 1.72. The third-order valence-electron chi connectivity index (χ3n) is 3.05. The van der Waals surface area contributed by atoms with Crippen LogP contribution in [-0.4, -0.2) is 24.4 Å². The molecular formula is C14H15NO4. The number of amides is 2. The number of rotatable bonds is 4. The Morgan fingerprint density at radius 3 is 2.47 bits per heavy atom. The van der Waals surface area contributed by atoms with Gasteiger partial charge in [0.1, 0.15) is 0 Å². The Kier molecular flexibility index (Phi) is 3.94. The van der Waals surface area contributed by atoms with E-state index in [4.69, 9.17) is 4.74 Å². The third kappa shape index (κ3) is 3.64. The Morgan fingerprint density at radius 1 is 1.26 bits per heavy atom. The minimum atomic E-state index is -0.615. The van der Waals surface area contributed by atoms with Crippen molar-refractivity contribution in [3.63, 3.8) is 0 Å². The Morgan fingerprint density at radius 2 is 1.89 bits per heavy atom. The summed E-state index contributed by atoms with van der Waals surface area (Å²) in [6.45, 7) is 1.53. The standard InChI is InChI=1S/C14H15NO4/c1-9-7-11(9)14(18)19-8-12(16)15-13(17)10-5-3-2-4-6-10/h2-6,9,11H,7-8H2,1H3,(H,15,16,17)/t9-,11+/m0/s1. The second-order valence-electron chi connectivity index (χ2n) is 4.67. The van der Waals surface area contributed by atoms with Crippen molar-refractivity contribution in [3.05, 3.63) is 35.9 Å². The van der Waals surface area contributed by atoms with E-state index in [1.807, 2.05) is 6.92 Å². The topological polar surface area (TPSA) is 72.5 Å². The van der Waals surface area contributed by atoms with E-state index in [9.17, 15) is 14.4 Å². The van der Waals surface area contributed by atoms with Gasteiger partial charge in [-0.2, -0.15) is 0 Å². The van der Waals surface area contributed by atoms with Gasteiger partial charge in [0.05, 0.1) is 5.92 Å². The van der Waals surface area contributed by atoms with Crippen molar-refractivity contribution in [1.29, 1.82) is 0 Å². The lowest BCUT2D eigenvalue weighted by Gasteiger charge is -2.05. The Bertz CT molecular complexity index is 497. The van der Waals surface area contributed by atoms with Crippen molar-refractivity contribution in [3.8, 4) is 0 Å². The van der Waals surface area contributed by atoms with Crippen molar-refractivity contribution in [2.45, 2.75) is 13.3 Å². The number of carbonyl (C=O) groups excluding carboxylic acids is 3. The smallest absolute Gasteiger partial charge is 0.309 e. The molecule has 0 aromatic heterocycles. The van der Waals surface area contributed by atoms with Gasteiger partial charge in [0.15, 0.2) is 6.61 Å². The molecule has 19 heavy (non-hydrogen) atoms. The van der Waals surface area contributed by atoms with Gasteiger partial charge in [0, 0.05) is 5.56 Å². The van der Waals surface area contributed by atoms with E-state index < -0.39 is 18.4 Å². The van der Waals surface area contributed by atoms with Crippen LogP contribution < -0.4 is 5.32 Å². The molecule has 1 N–H and O–H groups in total. The summed E-state index contributed by atoms with van der Waals surface area (Å²) in [5, 5.41) is 2.17. The molecular weight excluding hydrogens is 246 g/mol. The molecule has 0 radical (unpaired) electrons. The summed E-state index contributed by atoms with van der Waals surface area (Å²) in [6.07, 6.45) is 0.809. The lowest BCUT2D eigenvalue weighted by atomic mass is 10.2. The number of imide groups is 1. The Labute approximate surface area is 110 Å². The van der Waals surface area contributed by atoms with E-state index in [1.54, 1.807) is 30.3 Å². The maximum absolute atomic E-state index is 11.6. The average Bonchev–Trinajstić information content (AvgIpc) is 3.14. The van der Waals surface area contributed by atoms with Crippen LogP contribution in [0, 0.1) is 11.8 Å². The first kappa shape index (κ1) is 13.3. The summed E-state index contributed by atoms with van der Waals surface area (Å²) >= 11 is 0.